The van der Waals surface area contributed by atoms with Crippen LogP contribution in [0.25, 0.3) is 0 Å². The predicted octanol–water partition coefficient (Wildman–Crippen LogP) is 6.52. The number of likely N-dealkylation sites (tertiary alicyclic amines) is 1. The van der Waals surface area contributed by atoms with Crippen molar-refractivity contribution in [3.8, 4) is 23.0 Å². The molecule has 2 atom stereocenters. The molecule has 1 saturated heterocycles. The minimum atomic E-state index is -0.662. The van der Waals surface area contributed by atoms with Crippen LogP contribution in [0, 0.1) is 5.41 Å². The molecule has 1 fully saturated rings. The number of carbonyl (C=O) groups excluding carboxylic acids is 1. The van der Waals surface area contributed by atoms with Crippen molar-refractivity contribution in [1.29, 1.82) is 0 Å². The molecule has 0 aliphatic carbocycles. The molecule has 1 unspecified atom stereocenters. The highest BCUT2D eigenvalue weighted by Gasteiger charge is 2.36. The molecule has 0 spiro atoms. The molecule has 0 saturated carbocycles. The fourth-order valence-corrected chi connectivity index (χ4v) is 5.45. The molecule has 2 heterocycles. The van der Waals surface area contributed by atoms with E-state index in [9.17, 15) is 9.90 Å². The number of aromatic hydroxyl groups is 1. The number of hydrogen-bond acceptors (Lipinski definition) is 6. The molecule has 5 rings (SSSR count). The van der Waals surface area contributed by atoms with Crippen LogP contribution in [0.5, 0.6) is 23.0 Å². The van der Waals surface area contributed by atoms with Crippen molar-refractivity contribution in [3.05, 3.63) is 83.4 Å². The van der Waals surface area contributed by atoms with Crippen molar-refractivity contribution in [3.63, 3.8) is 0 Å². The first-order chi connectivity index (χ1) is 18.8. The zero-order valence-corrected chi connectivity index (χ0v) is 23.2. The van der Waals surface area contributed by atoms with E-state index in [-0.39, 0.29) is 29.3 Å². The van der Waals surface area contributed by atoms with Gasteiger partial charge in [-0.3, -0.25) is 9.69 Å². The molecular weight excluding hydrogens is 490 g/mol. The molecular formula is C33H39NO5. The Bertz CT molecular complexity index is 1260. The normalized spacial score (nSPS) is 19.6. The highest BCUT2D eigenvalue weighted by Crippen LogP contribution is 2.51. The third-order valence-electron chi connectivity index (χ3n) is 7.64. The number of fused-ring (bicyclic) bond motifs is 1. The van der Waals surface area contributed by atoms with Gasteiger partial charge in [0.15, 0.2) is 0 Å². The maximum Gasteiger partial charge on any atom is 0.316 e. The van der Waals surface area contributed by atoms with Crippen molar-refractivity contribution in [1.82, 2.24) is 4.90 Å². The van der Waals surface area contributed by atoms with Gasteiger partial charge in [-0.25, -0.2) is 0 Å². The summed E-state index contributed by atoms with van der Waals surface area (Å²) in [5, 5.41) is 11.2. The van der Waals surface area contributed by atoms with Crippen molar-refractivity contribution >= 4 is 5.97 Å². The second kappa shape index (κ2) is 11.7. The minimum absolute atomic E-state index is 0.00144. The summed E-state index contributed by atoms with van der Waals surface area (Å²) in [4.78, 5) is 14.9. The smallest absolute Gasteiger partial charge is 0.316 e. The van der Waals surface area contributed by atoms with Gasteiger partial charge in [0, 0.05) is 36.1 Å². The Labute approximate surface area is 231 Å². The first kappa shape index (κ1) is 27.1. The molecule has 0 radical (unpaired) electrons. The van der Waals surface area contributed by atoms with Crippen LogP contribution in [0.2, 0.25) is 0 Å². The summed E-state index contributed by atoms with van der Waals surface area (Å²) in [6, 6.07) is 21.7. The van der Waals surface area contributed by atoms with E-state index >= 15 is 0 Å². The highest BCUT2D eigenvalue weighted by atomic mass is 16.5. The van der Waals surface area contributed by atoms with Crippen molar-refractivity contribution in [2.45, 2.75) is 51.9 Å². The lowest BCUT2D eigenvalue weighted by Crippen LogP contribution is -2.33. The Kier molecular flexibility index (Phi) is 8.12. The Morgan fingerprint density at radius 2 is 1.67 bits per heavy atom. The van der Waals surface area contributed by atoms with Gasteiger partial charge in [-0.2, -0.15) is 0 Å². The molecule has 39 heavy (non-hydrogen) atoms. The summed E-state index contributed by atoms with van der Waals surface area (Å²) in [7, 11) is 0. The van der Waals surface area contributed by atoms with Gasteiger partial charge >= 0.3 is 5.97 Å². The summed E-state index contributed by atoms with van der Waals surface area (Å²) in [6.45, 7) is 9.76. The third kappa shape index (κ3) is 6.39. The first-order valence-corrected chi connectivity index (χ1v) is 14.0. The number of hydrogen-bond donors (Lipinski definition) is 1. The quantitative estimate of drug-likeness (QED) is 0.278. The predicted molar refractivity (Wildman–Crippen MR) is 152 cm³/mol. The Morgan fingerprint density at radius 1 is 0.949 bits per heavy atom. The van der Waals surface area contributed by atoms with Crippen molar-refractivity contribution < 1.29 is 24.1 Å². The molecule has 1 N–H and O–H groups in total. The van der Waals surface area contributed by atoms with Crippen molar-refractivity contribution in [2.24, 2.45) is 5.41 Å². The van der Waals surface area contributed by atoms with Gasteiger partial charge < -0.3 is 19.3 Å². The molecule has 2 aliphatic rings. The van der Waals surface area contributed by atoms with Gasteiger partial charge in [-0.15, -0.1) is 0 Å². The van der Waals surface area contributed by atoms with E-state index < -0.39 is 5.41 Å². The summed E-state index contributed by atoms with van der Waals surface area (Å²) in [6.07, 6.45) is 3.88. The van der Waals surface area contributed by atoms with Gasteiger partial charge in [-0.05, 0) is 70.0 Å². The molecule has 0 aromatic heterocycles. The summed E-state index contributed by atoms with van der Waals surface area (Å²) in [5.41, 5.74) is 2.24. The topological polar surface area (TPSA) is 68.2 Å². The molecule has 6 nitrogen and oxygen atoms in total. The Balaban J connectivity index is 1.41. The first-order valence-electron chi connectivity index (χ1n) is 14.0. The largest absolute Gasteiger partial charge is 0.507 e. The number of benzene rings is 3. The third-order valence-corrected chi connectivity index (χ3v) is 7.64. The average molecular weight is 530 g/mol. The van der Waals surface area contributed by atoms with E-state index in [4.69, 9.17) is 14.2 Å². The SMILES string of the molecule is CC(C)(C)C(=O)Oc1cc(O)c2c(c1)OCC(c1ccccc1)[C@@H]2c1ccc(OCCN2CCCCC2)cc1. The highest BCUT2D eigenvalue weighted by molar-refractivity contribution is 5.78. The number of phenols is 1. The Hall–Kier alpha value is -3.51. The Morgan fingerprint density at radius 3 is 2.36 bits per heavy atom. The van der Waals surface area contributed by atoms with E-state index in [0.29, 0.717) is 24.5 Å². The fraction of sp³-hybridized carbons (Fsp3) is 0.424. The van der Waals surface area contributed by atoms with E-state index in [1.54, 1.807) is 26.8 Å². The van der Waals surface area contributed by atoms with E-state index in [1.807, 2.05) is 30.3 Å². The summed E-state index contributed by atoms with van der Waals surface area (Å²) in [5.74, 6) is 1.19. The lowest BCUT2D eigenvalue weighted by atomic mass is 9.75. The number of carbonyl (C=O) groups is 1. The maximum absolute atomic E-state index is 12.5. The number of phenolic OH excluding ortho intramolecular Hbond substituents is 1. The molecule has 0 bridgehead atoms. The minimum Gasteiger partial charge on any atom is -0.507 e. The summed E-state index contributed by atoms with van der Waals surface area (Å²) < 4.78 is 17.8. The van der Waals surface area contributed by atoms with Crippen LogP contribution >= 0.6 is 0 Å². The van der Waals surface area contributed by atoms with Gasteiger partial charge in [-0.1, -0.05) is 48.9 Å². The van der Waals surface area contributed by atoms with E-state index in [0.717, 1.165) is 36.5 Å². The molecule has 2 aliphatic heterocycles. The standard InChI is InChI=1S/C33H39NO5/c1-33(2,3)32(36)39-26-20-28(35)31-29(21-26)38-22-27(23-10-6-4-7-11-23)30(31)24-12-14-25(15-13-24)37-19-18-34-16-8-5-9-17-34/h4,6-7,10-15,20-21,27,30,35H,5,8-9,16-19,22H2,1-3H3/t27?,30-/m0/s1. The molecule has 3 aromatic carbocycles. The molecule has 206 valence electrons. The lowest BCUT2D eigenvalue weighted by Gasteiger charge is -2.35. The van der Waals surface area contributed by atoms with Gasteiger partial charge in [0.1, 0.15) is 29.6 Å². The van der Waals surface area contributed by atoms with Crippen LogP contribution in [-0.2, 0) is 4.79 Å². The molecule has 3 aromatic rings. The molecule has 0 amide bonds. The van der Waals surface area contributed by atoms with Gasteiger partial charge in [0.05, 0.1) is 12.0 Å². The number of rotatable bonds is 7. The van der Waals surface area contributed by atoms with E-state index in [2.05, 4.69) is 29.2 Å². The zero-order valence-electron chi connectivity index (χ0n) is 23.2. The average Bonchev–Trinajstić information content (AvgIpc) is 2.93. The van der Waals surface area contributed by atoms with E-state index in [1.165, 1.54) is 25.3 Å². The fourth-order valence-electron chi connectivity index (χ4n) is 5.45. The summed E-state index contributed by atoms with van der Waals surface area (Å²) >= 11 is 0. The van der Waals surface area contributed by atoms with Crippen LogP contribution in [0.4, 0.5) is 0 Å². The van der Waals surface area contributed by atoms with Gasteiger partial charge in [0.25, 0.3) is 0 Å². The van der Waals surface area contributed by atoms with Crippen LogP contribution in [-0.4, -0.2) is 48.8 Å². The van der Waals surface area contributed by atoms with Crippen LogP contribution < -0.4 is 14.2 Å². The number of piperidine rings is 1. The van der Waals surface area contributed by atoms with Crippen molar-refractivity contribution in [2.75, 3.05) is 32.8 Å². The number of nitrogens with zero attached hydrogens (tertiary/aromatic N) is 1. The number of ether oxygens (including phenoxy) is 3. The second-order valence-corrected chi connectivity index (χ2v) is 11.6. The number of esters is 1. The second-order valence-electron chi connectivity index (χ2n) is 11.6. The zero-order chi connectivity index (χ0) is 27.4. The maximum atomic E-state index is 12.5. The monoisotopic (exact) mass is 529 g/mol. The van der Waals surface area contributed by atoms with Gasteiger partial charge in [0.2, 0.25) is 0 Å². The molecule has 6 heteroatoms. The van der Waals surface area contributed by atoms with Crippen LogP contribution in [0.1, 0.15) is 68.6 Å². The van der Waals surface area contributed by atoms with Crippen LogP contribution in [0.3, 0.4) is 0 Å². The lowest BCUT2D eigenvalue weighted by molar-refractivity contribution is -0.143. The van der Waals surface area contributed by atoms with Crippen LogP contribution in [0.15, 0.2) is 66.7 Å².